The second-order valence-electron chi connectivity index (χ2n) is 3.29. The van der Waals surface area contributed by atoms with Crippen molar-refractivity contribution in [3.8, 4) is 0 Å². The molecule has 0 bridgehead atoms. The van der Waals surface area contributed by atoms with E-state index in [9.17, 15) is 18.0 Å². The minimum atomic E-state index is -4.54. The van der Waals surface area contributed by atoms with Crippen LogP contribution in [0.15, 0.2) is 28.7 Å². The highest BCUT2D eigenvalue weighted by Crippen LogP contribution is 2.22. The molecule has 88 valence electrons. The average molecular weight is 296 g/mol. The average Bonchev–Trinajstić information content (AvgIpc) is 2.16. The van der Waals surface area contributed by atoms with Crippen molar-refractivity contribution in [3.05, 3.63) is 34.3 Å². The largest absolute Gasteiger partial charge is 0.404 e. The van der Waals surface area contributed by atoms with Crippen molar-refractivity contribution < 1.29 is 18.0 Å². The van der Waals surface area contributed by atoms with Gasteiger partial charge in [0.1, 0.15) is 6.04 Å². The molecule has 2 N–H and O–H groups in total. The van der Waals surface area contributed by atoms with Crippen LogP contribution in [-0.2, 0) is 0 Å². The number of hydrogen-bond donors (Lipinski definition) is 1. The number of Topliss-reactive ketones (excluding diaryl/α,β-unsaturated/α-hetero) is 1. The van der Waals surface area contributed by atoms with Crippen LogP contribution in [0.4, 0.5) is 13.2 Å². The molecule has 0 saturated carbocycles. The van der Waals surface area contributed by atoms with E-state index in [1.54, 1.807) is 12.1 Å². The van der Waals surface area contributed by atoms with E-state index in [1.165, 1.54) is 12.1 Å². The van der Waals surface area contributed by atoms with Crippen molar-refractivity contribution in [1.82, 2.24) is 0 Å². The van der Waals surface area contributed by atoms with Gasteiger partial charge in [-0.3, -0.25) is 4.79 Å². The predicted molar refractivity (Wildman–Crippen MR) is 57.1 cm³/mol. The molecule has 1 rings (SSSR count). The van der Waals surface area contributed by atoms with Crippen molar-refractivity contribution in [2.75, 3.05) is 0 Å². The molecular formula is C10H9BrF3NO. The summed E-state index contributed by atoms with van der Waals surface area (Å²) < 4.78 is 37.0. The van der Waals surface area contributed by atoms with E-state index in [4.69, 9.17) is 5.73 Å². The Balaban J connectivity index is 2.74. The summed E-state index contributed by atoms with van der Waals surface area (Å²) in [4.78, 5) is 11.5. The Bertz CT molecular complexity index is 392. The van der Waals surface area contributed by atoms with Gasteiger partial charge in [0.15, 0.2) is 5.78 Å². The molecule has 0 fully saturated rings. The van der Waals surface area contributed by atoms with Crippen LogP contribution in [0.5, 0.6) is 0 Å². The molecule has 0 spiro atoms. The molecule has 0 aliphatic carbocycles. The molecule has 0 aromatic heterocycles. The first kappa shape index (κ1) is 13.2. The summed E-state index contributed by atoms with van der Waals surface area (Å²) >= 11 is 3.13. The summed E-state index contributed by atoms with van der Waals surface area (Å²) in [6.45, 7) is 0. The second-order valence-corrected chi connectivity index (χ2v) is 4.20. The molecule has 0 saturated heterocycles. The number of carbonyl (C=O) groups excluding carboxylic acids is 1. The predicted octanol–water partition coefficient (Wildman–Crippen LogP) is 2.91. The molecule has 6 heteroatoms. The normalized spacial score (nSPS) is 13.6. The topological polar surface area (TPSA) is 43.1 Å². The van der Waals surface area contributed by atoms with Crippen LogP contribution in [0, 0.1) is 0 Å². The highest BCUT2D eigenvalue weighted by molar-refractivity contribution is 9.10. The van der Waals surface area contributed by atoms with Gasteiger partial charge in [0.05, 0.1) is 0 Å². The van der Waals surface area contributed by atoms with Crippen LogP contribution < -0.4 is 5.73 Å². The van der Waals surface area contributed by atoms with Gasteiger partial charge in [-0.1, -0.05) is 28.1 Å². The highest BCUT2D eigenvalue weighted by Gasteiger charge is 2.37. The maximum Gasteiger partial charge on any atom is 0.404 e. The number of rotatable bonds is 3. The van der Waals surface area contributed by atoms with Gasteiger partial charge in [-0.15, -0.1) is 0 Å². The molecule has 16 heavy (non-hydrogen) atoms. The molecule has 0 heterocycles. The van der Waals surface area contributed by atoms with Gasteiger partial charge < -0.3 is 5.73 Å². The van der Waals surface area contributed by atoms with E-state index >= 15 is 0 Å². The minimum absolute atomic E-state index is 0.217. The van der Waals surface area contributed by atoms with Crippen LogP contribution in [-0.4, -0.2) is 18.0 Å². The molecule has 1 atom stereocenters. The summed E-state index contributed by atoms with van der Waals surface area (Å²) in [5.74, 6) is -0.619. The monoisotopic (exact) mass is 295 g/mol. The SMILES string of the molecule is NC(CC(=O)c1cccc(Br)c1)C(F)(F)F. The van der Waals surface area contributed by atoms with Crippen molar-refractivity contribution in [2.24, 2.45) is 5.73 Å². The Morgan fingerprint density at radius 3 is 2.56 bits per heavy atom. The molecule has 1 unspecified atom stereocenters. The molecule has 1 aromatic carbocycles. The Morgan fingerprint density at radius 1 is 1.44 bits per heavy atom. The third-order valence-electron chi connectivity index (χ3n) is 1.97. The van der Waals surface area contributed by atoms with Crippen LogP contribution in [0.2, 0.25) is 0 Å². The van der Waals surface area contributed by atoms with E-state index in [2.05, 4.69) is 15.9 Å². The van der Waals surface area contributed by atoms with Gasteiger partial charge in [-0.2, -0.15) is 13.2 Å². The summed E-state index contributed by atoms with van der Waals surface area (Å²) in [7, 11) is 0. The zero-order chi connectivity index (χ0) is 12.3. The molecule has 0 aliphatic heterocycles. The van der Waals surface area contributed by atoms with Crippen LogP contribution >= 0.6 is 15.9 Å². The number of halogens is 4. The van der Waals surface area contributed by atoms with Crippen molar-refractivity contribution >= 4 is 21.7 Å². The molecule has 0 aliphatic rings. The number of benzene rings is 1. The number of alkyl halides is 3. The smallest absolute Gasteiger partial charge is 0.320 e. The van der Waals surface area contributed by atoms with Gasteiger partial charge in [-0.05, 0) is 12.1 Å². The zero-order valence-electron chi connectivity index (χ0n) is 8.09. The first-order valence-electron chi connectivity index (χ1n) is 4.42. The Kier molecular flexibility index (Phi) is 4.09. The number of nitrogens with two attached hydrogens (primary N) is 1. The van der Waals surface area contributed by atoms with Crippen molar-refractivity contribution in [1.29, 1.82) is 0 Å². The molecule has 0 radical (unpaired) electrons. The molecule has 0 amide bonds. The maximum atomic E-state index is 12.1. The summed E-state index contributed by atoms with van der Waals surface area (Å²) in [6.07, 6.45) is -5.28. The summed E-state index contributed by atoms with van der Waals surface area (Å²) in [5, 5.41) is 0. The maximum absolute atomic E-state index is 12.1. The third-order valence-corrected chi connectivity index (χ3v) is 2.47. The van der Waals surface area contributed by atoms with Crippen LogP contribution in [0.25, 0.3) is 0 Å². The van der Waals surface area contributed by atoms with Gasteiger partial charge in [0.25, 0.3) is 0 Å². The Labute approximate surface area is 98.8 Å². The van der Waals surface area contributed by atoms with Gasteiger partial charge in [-0.25, -0.2) is 0 Å². The fourth-order valence-corrected chi connectivity index (χ4v) is 1.49. The lowest BCUT2D eigenvalue weighted by atomic mass is 10.0. The lowest BCUT2D eigenvalue weighted by Crippen LogP contribution is -2.39. The van der Waals surface area contributed by atoms with E-state index in [-0.39, 0.29) is 5.56 Å². The second kappa shape index (κ2) is 4.97. The van der Waals surface area contributed by atoms with E-state index in [0.717, 1.165) is 0 Å². The number of ketones is 1. The quantitative estimate of drug-likeness (QED) is 0.872. The summed E-state index contributed by atoms with van der Waals surface area (Å²) in [6, 6.07) is 4.07. The highest BCUT2D eigenvalue weighted by atomic mass is 79.9. The van der Waals surface area contributed by atoms with E-state index < -0.39 is 24.4 Å². The fraction of sp³-hybridized carbons (Fsp3) is 0.300. The van der Waals surface area contributed by atoms with Crippen molar-refractivity contribution in [2.45, 2.75) is 18.6 Å². The summed E-state index contributed by atoms with van der Waals surface area (Å²) in [5.41, 5.74) is 5.09. The molecule has 1 aromatic rings. The Hall–Kier alpha value is -0.880. The van der Waals surface area contributed by atoms with Gasteiger partial charge in [0.2, 0.25) is 0 Å². The first-order valence-corrected chi connectivity index (χ1v) is 5.21. The minimum Gasteiger partial charge on any atom is -0.320 e. The van der Waals surface area contributed by atoms with Gasteiger partial charge in [0, 0.05) is 16.5 Å². The number of hydrogen-bond acceptors (Lipinski definition) is 2. The van der Waals surface area contributed by atoms with Crippen molar-refractivity contribution in [3.63, 3.8) is 0 Å². The standard InChI is InChI=1S/C10H9BrF3NO/c11-7-3-1-2-6(4-7)8(16)5-9(15)10(12,13)14/h1-4,9H,5,15H2. The third kappa shape index (κ3) is 3.61. The van der Waals surface area contributed by atoms with E-state index in [0.29, 0.717) is 4.47 Å². The van der Waals surface area contributed by atoms with Crippen LogP contribution in [0.1, 0.15) is 16.8 Å². The fourth-order valence-electron chi connectivity index (χ4n) is 1.10. The zero-order valence-corrected chi connectivity index (χ0v) is 9.68. The lowest BCUT2D eigenvalue weighted by Gasteiger charge is -2.14. The van der Waals surface area contributed by atoms with E-state index in [1.807, 2.05) is 0 Å². The first-order chi connectivity index (χ1) is 7.30. The molecule has 2 nitrogen and oxygen atoms in total. The molecular weight excluding hydrogens is 287 g/mol. The lowest BCUT2D eigenvalue weighted by molar-refractivity contribution is -0.146. The number of carbonyl (C=O) groups is 1. The Morgan fingerprint density at radius 2 is 2.06 bits per heavy atom. The van der Waals surface area contributed by atoms with Gasteiger partial charge >= 0.3 is 6.18 Å². The van der Waals surface area contributed by atoms with Crippen LogP contribution in [0.3, 0.4) is 0 Å².